The summed E-state index contributed by atoms with van der Waals surface area (Å²) in [5.74, 6) is -1.07. The normalized spacial score (nSPS) is 11.2. The van der Waals surface area contributed by atoms with Crippen molar-refractivity contribution in [2.75, 3.05) is 4.72 Å². The van der Waals surface area contributed by atoms with Crippen molar-refractivity contribution in [3.8, 4) is 0 Å². The summed E-state index contributed by atoms with van der Waals surface area (Å²) >= 11 is 4.86. The topological polar surface area (TPSA) is 75.3 Å². The summed E-state index contributed by atoms with van der Waals surface area (Å²) in [6.07, 6.45) is 0. The van der Waals surface area contributed by atoms with Gasteiger partial charge in [0.15, 0.2) is 0 Å². The summed E-state index contributed by atoms with van der Waals surface area (Å²) in [5.41, 5.74) is 0.721. The summed E-state index contributed by atoms with van der Waals surface area (Å²) in [7, 11) is -4.05. The molecule has 28 heavy (non-hydrogen) atoms. The van der Waals surface area contributed by atoms with E-state index in [0.29, 0.717) is 12.1 Å². The largest absolute Gasteiger partial charge is 0.347 e. The number of carbonyl (C=O) groups is 1. The van der Waals surface area contributed by atoms with E-state index >= 15 is 0 Å². The van der Waals surface area contributed by atoms with E-state index in [1.165, 1.54) is 41.7 Å². The summed E-state index contributed by atoms with van der Waals surface area (Å²) in [6.45, 7) is 2.05. The molecule has 0 saturated carbocycles. The van der Waals surface area contributed by atoms with Crippen molar-refractivity contribution in [1.82, 2.24) is 5.32 Å². The summed E-state index contributed by atoms with van der Waals surface area (Å²) in [4.78, 5) is 13.4. The number of amides is 1. The Morgan fingerprint density at radius 3 is 2.57 bits per heavy atom. The lowest BCUT2D eigenvalue weighted by atomic mass is 10.1. The van der Waals surface area contributed by atoms with Crippen LogP contribution in [0.15, 0.2) is 63.3 Å². The summed E-state index contributed by atoms with van der Waals surface area (Å²) < 4.78 is 42.2. The highest BCUT2D eigenvalue weighted by atomic mass is 79.9. The van der Waals surface area contributed by atoms with Gasteiger partial charge in [-0.05, 0) is 64.8 Å². The van der Waals surface area contributed by atoms with Gasteiger partial charge < -0.3 is 5.32 Å². The van der Waals surface area contributed by atoms with Gasteiger partial charge >= 0.3 is 0 Å². The molecule has 0 saturated heterocycles. The maximum absolute atomic E-state index is 13.8. The first-order chi connectivity index (χ1) is 13.3. The minimum atomic E-state index is -4.05. The van der Waals surface area contributed by atoms with Gasteiger partial charge in [-0.15, -0.1) is 11.3 Å². The molecule has 1 amide bonds. The average Bonchev–Trinajstić information content (AvgIpc) is 3.07. The minimum Gasteiger partial charge on any atom is -0.347 e. The van der Waals surface area contributed by atoms with Crippen molar-refractivity contribution < 1.29 is 17.6 Å². The van der Waals surface area contributed by atoms with Crippen LogP contribution in [0.4, 0.5) is 10.1 Å². The van der Waals surface area contributed by atoms with Gasteiger partial charge in [-0.2, -0.15) is 0 Å². The number of para-hydroxylation sites is 1. The molecule has 0 spiro atoms. The zero-order valence-corrected chi connectivity index (χ0v) is 17.9. The van der Waals surface area contributed by atoms with Crippen LogP contribution in [0.1, 0.15) is 20.8 Å². The Hall–Kier alpha value is -2.23. The zero-order chi connectivity index (χ0) is 20.3. The van der Waals surface area contributed by atoms with Crippen LogP contribution in [0.25, 0.3) is 0 Å². The Labute approximate surface area is 174 Å². The van der Waals surface area contributed by atoms with E-state index in [1.54, 1.807) is 13.0 Å². The average molecular weight is 483 g/mol. The van der Waals surface area contributed by atoms with Crippen LogP contribution in [0.5, 0.6) is 0 Å². The highest BCUT2D eigenvalue weighted by Crippen LogP contribution is 2.23. The van der Waals surface area contributed by atoms with Gasteiger partial charge in [-0.1, -0.05) is 18.2 Å². The van der Waals surface area contributed by atoms with Gasteiger partial charge in [0.1, 0.15) is 5.82 Å². The van der Waals surface area contributed by atoms with Crippen LogP contribution in [-0.2, 0) is 16.6 Å². The lowest BCUT2D eigenvalue weighted by Crippen LogP contribution is -2.24. The van der Waals surface area contributed by atoms with E-state index in [-0.39, 0.29) is 22.1 Å². The van der Waals surface area contributed by atoms with Crippen molar-refractivity contribution in [2.24, 2.45) is 0 Å². The van der Waals surface area contributed by atoms with Crippen LogP contribution in [0.3, 0.4) is 0 Å². The minimum absolute atomic E-state index is 0.120. The highest BCUT2D eigenvalue weighted by molar-refractivity contribution is 9.11. The number of hydrogen-bond donors (Lipinski definition) is 2. The predicted molar refractivity (Wildman–Crippen MR) is 112 cm³/mol. The molecule has 146 valence electrons. The van der Waals surface area contributed by atoms with Gasteiger partial charge in [0.05, 0.1) is 20.9 Å². The van der Waals surface area contributed by atoms with E-state index in [9.17, 15) is 17.6 Å². The maximum Gasteiger partial charge on any atom is 0.262 e. The molecule has 2 N–H and O–H groups in total. The van der Waals surface area contributed by atoms with Gasteiger partial charge in [0.2, 0.25) is 0 Å². The van der Waals surface area contributed by atoms with Gasteiger partial charge in [0.25, 0.3) is 15.9 Å². The first-order valence-electron chi connectivity index (χ1n) is 8.17. The molecule has 0 fully saturated rings. The van der Waals surface area contributed by atoms with Crippen molar-refractivity contribution in [3.05, 3.63) is 80.2 Å². The molecule has 0 aliphatic carbocycles. The van der Waals surface area contributed by atoms with E-state index in [4.69, 9.17) is 0 Å². The molecular formula is C19H16BrFN2O3S2. The van der Waals surface area contributed by atoms with Crippen LogP contribution >= 0.6 is 27.3 Å². The third-order valence-electron chi connectivity index (χ3n) is 3.93. The molecule has 2 aromatic carbocycles. The number of anilines is 1. The first kappa shape index (κ1) is 20.5. The van der Waals surface area contributed by atoms with Crippen LogP contribution in [-0.4, -0.2) is 14.3 Å². The summed E-state index contributed by atoms with van der Waals surface area (Å²) in [5, 5.41) is 2.78. The van der Waals surface area contributed by atoms with Crippen LogP contribution in [0.2, 0.25) is 0 Å². The zero-order valence-electron chi connectivity index (χ0n) is 14.7. The van der Waals surface area contributed by atoms with E-state index in [0.717, 1.165) is 14.7 Å². The number of benzene rings is 2. The van der Waals surface area contributed by atoms with Gasteiger partial charge in [0, 0.05) is 10.4 Å². The number of nitrogens with one attached hydrogen (secondary N) is 2. The molecule has 1 heterocycles. The second-order valence-corrected chi connectivity index (χ2v) is 10.2. The highest BCUT2D eigenvalue weighted by Gasteiger charge is 2.19. The molecule has 0 aliphatic rings. The monoisotopic (exact) mass is 482 g/mol. The number of thiophene rings is 1. The molecule has 0 aliphatic heterocycles. The standard InChI is InChI=1S/C19H16BrFN2O3S2/c1-12-6-8-14(28(25,26)23-17-5-3-2-4-16(17)21)10-15(12)19(24)22-11-13-7-9-18(20)27-13/h2-10,23H,11H2,1H3,(H,22,24). The second-order valence-electron chi connectivity index (χ2n) is 5.95. The Kier molecular flexibility index (Phi) is 6.17. The molecule has 0 unspecified atom stereocenters. The number of hydrogen-bond acceptors (Lipinski definition) is 4. The Morgan fingerprint density at radius 2 is 1.89 bits per heavy atom. The molecule has 0 atom stereocenters. The van der Waals surface area contributed by atoms with Crippen LogP contribution < -0.4 is 10.0 Å². The van der Waals surface area contributed by atoms with Crippen molar-refractivity contribution in [3.63, 3.8) is 0 Å². The van der Waals surface area contributed by atoms with Crippen molar-refractivity contribution in [2.45, 2.75) is 18.4 Å². The molecule has 3 aromatic rings. The van der Waals surface area contributed by atoms with Gasteiger partial charge in [-0.3, -0.25) is 9.52 Å². The molecule has 1 aromatic heterocycles. The molecule has 0 bridgehead atoms. The van der Waals surface area contributed by atoms with E-state index in [1.807, 2.05) is 12.1 Å². The lowest BCUT2D eigenvalue weighted by Gasteiger charge is -2.12. The maximum atomic E-state index is 13.8. The number of halogens is 2. The fourth-order valence-electron chi connectivity index (χ4n) is 2.47. The Bertz CT molecular complexity index is 1130. The fourth-order valence-corrected chi connectivity index (χ4v) is 4.99. The lowest BCUT2D eigenvalue weighted by molar-refractivity contribution is 0.0950. The quantitative estimate of drug-likeness (QED) is 0.534. The van der Waals surface area contributed by atoms with Crippen molar-refractivity contribution in [1.29, 1.82) is 0 Å². The van der Waals surface area contributed by atoms with Crippen molar-refractivity contribution >= 4 is 48.9 Å². The molecular weight excluding hydrogens is 467 g/mol. The van der Waals surface area contributed by atoms with E-state index in [2.05, 4.69) is 26.0 Å². The van der Waals surface area contributed by atoms with Crippen LogP contribution in [0, 0.1) is 12.7 Å². The molecule has 0 radical (unpaired) electrons. The number of rotatable bonds is 6. The summed E-state index contributed by atoms with van der Waals surface area (Å²) in [6, 6.07) is 13.5. The van der Waals surface area contributed by atoms with E-state index < -0.39 is 15.8 Å². The predicted octanol–water partition coefficient (Wildman–Crippen LogP) is 4.69. The number of sulfonamides is 1. The third kappa shape index (κ3) is 4.78. The Morgan fingerprint density at radius 1 is 1.14 bits per heavy atom. The molecule has 3 rings (SSSR count). The number of carbonyl (C=O) groups excluding carboxylic acids is 1. The Balaban J connectivity index is 1.82. The second kappa shape index (κ2) is 8.42. The fraction of sp³-hybridized carbons (Fsp3) is 0.105. The number of aryl methyl sites for hydroxylation is 1. The molecule has 9 heteroatoms. The third-order valence-corrected chi connectivity index (χ3v) is 6.92. The SMILES string of the molecule is Cc1ccc(S(=O)(=O)Nc2ccccc2F)cc1C(=O)NCc1ccc(Br)s1. The first-order valence-corrected chi connectivity index (χ1v) is 11.3. The molecule has 5 nitrogen and oxygen atoms in total. The smallest absolute Gasteiger partial charge is 0.262 e. The van der Waals surface area contributed by atoms with Gasteiger partial charge in [-0.25, -0.2) is 12.8 Å².